The average molecular weight is 335 g/mol. The number of nitrogens with two attached hydrogens (primary N) is 1. The highest BCUT2D eigenvalue weighted by Gasteiger charge is 2.14. The molecular formula is C20H15ClN2O. The van der Waals surface area contributed by atoms with Crippen LogP contribution in [0.25, 0.3) is 33.7 Å². The molecule has 0 saturated heterocycles. The van der Waals surface area contributed by atoms with E-state index in [-0.39, 0.29) is 0 Å². The number of benzene rings is 3. The van der Waals surface area contributed by atoms with Crippen molar-refractivity contribution < 1.29 is 4.42 Å². The highest BCUT2D eigenvalue weighted by Crippen LogP contribution is 2.35. The molecule has 24 heavy (non-hydrogen) atoms. The van der Waals surface area contributed by atoms with Crippen LogP contribution < -0.4 is 5.73 Å². The lowest BCUT2D eigenvalue weighted by molar-refractivity contribution is 0.620. The van der Waals surface area contributed by atoms with Crippen LogP contribution in [-0.4, -0.2) is 4.98 Å². The predicted molar refractivity (Wildman–Crippen MR) is 99.0 cm³/mol. The summed E-state index contributed by atoms with van der Waals surface area (Å²) in [6.07, 6.45) is 0. The SMILES string of the molecule is Cc1ccc2oc(-c3cc(-c4ccccc4N)ccc3Cl)nc2c1. The first-order valence-corrected chi connectivity index (χ1v) is 8.01. The lowest BCUT2D eigenvalue weighted by Crippen LogP contribution is -1.90. The molecular weight excluding hydrogens is 320 g/mol. The number of anilines is 1. The third kappa shape index (κ3) is 2.53. The summed E-state index contributed by atoms with van der Waals surface area (Å²) in [6, 6.07) is 19.4. The van der Waals surface area contributed by atoms with Crippen LogP contribution in [-0.2, 0) is 0 Å². The predicted octanol–water partition coefficient (Wildman–Crippen LogP) is 5.71. The number of nitrogen functional groups attached to an aromatic ring is 1. The molecule has 4 heteroatoms. The van der Waals surface area contributed by atoms with Crippen LogP contribution >= 0.6 is 11.6 Å². The molecule has 1 heterocycles. The largest absolute Gasteiger partial charge is 0.436 e. The van der Waals surface area contributed by atoms with Gasteiger partial charge in [0.15, 0.2) is 5.58 Å². The Hall–Kier alpha value is -2.78. The summed E-state index contributed by atoms with van der Waals surface area (Å²) in [5.74, 6) is 0.511. The molecule has 1 aromatic heterocycles. The molecule has 4 aromatic rings. The van der Waals surface area contributed by atoms with Crippen molar-refractivity contribution in [1.82, 2.24) is 4.98 Å². The Kier molecular flexibility index (Phi) is 3.51. The molecule has 0 aliphatic rings. The maximum atomic E-state index is 6.39. The third-order valence-corrected chi connectivity index (χ3v) is 4.34. The minimum atomic E-state index is 0.511. The number of para-hydroxylation sites is 1. The number of oxazole rings is 1. The summed E-state index contributed by atoms with van der Waals surface area (Å²) < 4.78 is 5.88. The van der Waals surface area contributed by atoms with E-state index in [1.54, 1.807) is 0 Å². The quantitative estimate of drug-likeness (QED) is 0.478. The van der Waals surface area contributed by atoms with Gasteiger partial charge in [0.05, 0.1) is 10.6 Å². The molecule has 0 spiro atoms. The monoisotopic (exact) mass is 334 g/mol. The third-order valence-electron chi connectivity index (χ3n) is 4.01. The van der Waals surface area contributed by atoms with E-state index in [1.807, 2.05) is 67.6 Å². The fourth-order valence-corrected chi connectivity index (χ4v) is 2.97. The molecule has 0 saturated carbocycles. The van der Waals surface area contributed by atoms with Crippen LogP contribution in [0.15, 0.2) is 65.1 Å². The van der Waals surface area contributed by atoms with E-state index in [1.165, 1.54) is 0 Å². The van der Waals surface area contributed by atoms with Gasteiger partial charge in [-0.2, -0.15) is 0 Å². The fourth-order valence-electron chi connectivity index (χ4n) is 2.77. The summed E-state index contributed by atoms with van der Waals surface area (Å²) in [4.78, 5) is 4.58. The molecule has 3 aromatic carbocycles. The van der Waals surface area contributed by atoms with Gasteiger partial charge in [0.1, 0.15) is 5.52 Å². The van der Waals surface area contributed by atoms with Gasteiger partial charge in [0.25, 0.3) is 0 Å². The van der Waals surface area contributed by atoms with Crippen LogP contribution in [0.2, 0.25) is 5.02 Å². The summed E-state index contributed by atoms with van der Waals surface area (Å²) in [6.45, 7) is 2.03. The molecule has 0 aliphatic heterocycles. The lowest BCUT2D eigenvalue weighted by Gasteiger charge is -2.08. The number of rotatable bonds is 2. The first-order chi connectivity index (χ1) is 11.6. The lowest BCUT2D eigenvalue weighted by atomic mass is 10.0. The highest BCUT2D eigenvalue weighted by molar-refractivity contribution is 6.33. The molecule has 0 fully saturated rings. The molecule has 0 atom stereocenters. The Morgan fingerprint density at radius 3 is 2.62 bits per heavy atom. The van der Waals surface area contributed by atoms with Crippen LogP contribution in [0.1, 0.15) is 5.56 Å². The standard InChI is InChI=1S/C20H15ClN2O/c1-12-6-9-19-18(10-12)23-20(24-19)15-11-13(7-8-16(15)21)14-4-2-3-5-17(14)22/h2-11H,22H2,1H3. The number of hydrogen-bond acceptors (Lipinski definition) is 3. The van der Waals surface area contributed by atoms with Crippen molar-refractivity contribution in [2.45, 2.75) is 6.92 Å². The van der Waals surface area contributed by atoms with Gasteiger partial charge in [0.2, 0.25) is 5.89 Å². The summed E-state index contributed by atoms with van der Waals surface area (Å²) >= 11 is 6.39. The minimum Gasteiger partial charge on any atom is -0.436 e. The van der Waals surface area contributed by atoms with Crippen molar-refractivity contribution >= 4 is 28.4 Å². The Balaban J connectivity index is 1.88. The van der Waals surface area contributed by atoms with E-state index in [9.17, 15) is 0 Å². The Morgan fingerprint density at radius 2 is 1.79 bits per heavy atom. The molecule has 0 radical (unpaired) electrons. The zero-order chi connectivity index (χ0) is 16.7. The number of nitrogens with zero attached hydrogens (tertiary/aromatic N) is 1. The van der Waals surface area contributed by atoms with E-state index in [0.717, 1.165) is 39.0 Å². The van der Waals surface area contributed by atoms with E-state index in [4.69, 9.17) is 21.8 Å². The molecule has 118 valence electrons. The van der Waals surface area contributed by atoms with E-state index in [2.05, 4.69) is 4.98 Å². The molecule has 3 nitrogen and oxygen atoms in total. The van der Waals surface area contributed by atoms with Crippen molar-refractivity contribution in [2.24, 2.45) is 0 Å². The normalized spacial score (nSPS) is 11.1. The van der Waals surface area contributed by atoms with E-state index < -0.39 is 0 Å². The van der Waals surface area contributed by atoms with Gasteiger partial charge in [-0.25, -0.2) is 4.98 Å². The topological polar surface area (TPSA) is 52.0 Å². The van der Waals surface area contributed by atoms with Crippen molar-refractivity contribution in [3.8, 4) is 22.6 Å². The maximum absolute atomic E-state index is 6.39. The molecule has 4 rings (SSSR count). The summed E-state index contributed by atoms with van der Waals surface area (Å²) in [5.41, 5.74) is 12.2. The second-order valence-electron chi connectivity index (χ2n) is 5.77. The Labute approximate surface area is 144 Å². The number of halogens is 1. The first-order valence-electron chi connectivity index (χ1n) is 7.64. The van der Waals surface area contributed by atoms with E-state index >= 15 is 0 Å². The van der Waals surface area contributed by atoms with Crippen LogP contribution in [0.4, 0.5) is 5.69 Å². The molecule has 0 aliphatic carbocycles. The Morgan fingerprint density at radius 1 is 0.958 bits per heavy atom. The number of aryl methyl sites for hydroxylation is 1. The minimum absolute atomic E-state index is 0.511. The van der Waals surface area contributed by atoms with Gasteiger partial charge < -0.3 is 10.2 Å². The number of fused-ring (bicyclic) bond motifs is 1. The van der Waals surface area contributed by atoms with E-state index in [0.29, 0.717) is 10.9 Å². The van der Waals surface area contributed by atoms with Gasteiger partial charge in [-0.15, -0.1) is 0 Å². The summed E-state index contributed by atoms with van der Waals surface area (Å²) in [7, 11) is 0. The first kappa shape index (κ1) is 14.8. The van der Waals surface area contributed by atoms with Gasteiger partial charge >= 0.3 is 0 Å². The van der Waals surface area contributed by atoms with Crippen molar-refractivity contribution in [1.29, 1.82) is 0 Å². The van der Waals surface area contributed by atoms with Crippen LogP contribution in [0.5, 0.6) is 0 Å². The average Bonchev–Trinajstić information content (AvgIpc) is 2.99. The molecule has 0 amide bonds. The number of aromatic nitrogens is 1. The van der Waals surface area contributed by atoms with Gasteiger partial charge in [0, 0.05) is 11.3 Å². The van der Waals surface area contributed by atoms with Crippen molar-refractivity contribution in [3.63, 3.8) is 0 Å². The van der Waals surface area contributed by atoms with Crippen molar-refractivity contribution in [3.05, 3.63) is 71.2 Å². The zero-order valence-corrected chi connectivity index (χ0v) is 13.8. The second-order valence-corrected chi connectivity index (χ2v) is 6.18. The van der Waals surface area contributed by atoms with Gasteiger partial charge in [-0.05, 0) is 48.4 Å². The maximum Gasteiger partial charge on any atom is 0.228 e. The molecule has 0 unspecified atom stereocenters. The van der Waals surface area contributed by atoms with Gasteiger partial charge in [-0.3, -0.25) is 0 Å². The van der Waals surface area contributed by atoms with Gasteiger partial charge in [-0.1, -0.05) is 41.9 Å². The smallest absolute Gasteiger partial charge is 0.228 e. The fraction of sp³-hybridized carbons (Fsp3) is 0.0500. The summed E-state index contributed by atoms with van der Waals surface area (Å²) in [5, 5.41) is 0.594. The molecule has 0 bridgehead atoms. The second kappa shape index (κ2) is 5.69. The zero-order valence-electron chi connectivity index (χ0n) is 13.1. The highest BCUT2D eigenvalue weighted by atomic mass is 35.5. The Bertz CT molecular complexity index is 1050. The number of hydrogen-bond donors (Lipinski definition) is 1. The van der Waals surface area contributed by atoms with Crippen molar-refractivity contribution in [2.75, 3.05) is 5.73 Å². The molecule has 2 N–H and O–H groups in total. The van der Waals surface area contributed by atoms with Crippen LogP contribution in [0, 0.1) is 6.92 Å². The van der Waals surface area contributed by atoms with Crippen LogP contribution in [0.3, 0.4) is 0 Å².